The van der Waals surface area contributed by atoms with Crippen molar-refractivity contribution in [3.63, 3.8) is 0 Å². The van der Waals surface area contributed by atoms with Gasteiger partial charge in [0.25, 0.3) is 0 Å². The third-order valence-electron chi connectivity index (χ3n) is 4.24. The van der Waals surface area contributed by atoms with Crippen molar-refractivity contribution >= 4 is 5.97 Å². The van der Waals surface area contributed by atoms with Crippen LogP contribution in [-0.2, 0) is 9.53 Å². The van der Waals surface area contributed by atoms with Crippen LogP contribution in [0.4, 0.5) is 0 Å². The zero-order valence-corrected chi connectivity index (χ0v) is 11.7. The van der Waals surface area contributed by atoms with Crippen LogP contribution in [0.5, 0.6) is 0 Å². The van der Waals surface area contributed by atoms with Crippen LogP contribution in [0.1, 0.15) is 46.0 Å². The number of nitrogens with zero attached hydrogens (tertiary/aromatic N) is 1. The van der Waals surface area contributed by atoms with Gasteiger partial charge in [-0.15, -0.1) is 0 Å². The van der Waals surface area contributed by atoms with Crippen molar-refractivity contribution in [2.75, 3.05) is 19.7 Å². The number of fused-ring (bicyclic) bond motifs is 2. The maximum atomic E-state index is 11.7. The van der Waals surface area contributed by atoms with E-state index in [0.29, 0.717) is 31.3 Å². The van der Waals surface area contributed by atoms with E-state index in [1.54, 1.807) is 0 Å². The number of hydrogen-bond acceptors (Lipinski definition) is 4. The van der Waals surface area contributed by atoms with Crippen molar-refractivity contribution in [1.29, 1.82) is 0 Å². The van der Waals surface area contributed by atoms with Crippen molar-refractivity contribution in [2.24, 2.45) is 0 Å². The van der Waals surface area contributed by atoms with Crippen molar-refractivity contribution in [1.82, 2.24) is 10.2 Å². The molecule has 0 saturated carbocycles. The Kier molecular flexibility index (Phi) is 5.01. The highest BCUT2D eigenvalue weighted by Gasteiger charge is 2.38. The van der Waals surface area contributed by atoms with Crippen molar-refractivity contribution in [3.8, 4) is 0 Å². The van der Waals surface area contributed by atoms with Gasteiger partial charge in [-0.25, -0.2) is 0 Å². The van der Waals surface area contributed by atoms with E-state index in [2.05, 4.69) is 17.1 Å². The SMILES string of the molecule is CCNC1CC2CCCC(C1)N2CC(=O)OCC. The van der Waals surface area contributed by atoms with E-state index in [-0.39, 0.29) is 5.97 Å². The summed E-state index contributed by atoms with van der Waals surface area (Å²) in [4.78, 5) is 14.1. The van der Waals surface area contributed by atoms with Crippen LogP contribution >= 0.6 is 0 Å². The van der Waals surface area contributed by atoms with Crippen LogP contribution in [0.25, 0.3) is 0 Å². The maximum absolute atomic E-state index is 11.7. The van der Waals surface area contributed by atoms with E-state index < -0.39 is 0 Å². The lowest BCUT2D eigenvalue weighted by Crippen LogP contribution is -2.57. The minimum atomic E-state index is -0.0590. The van der Waals surface area contributed by atoms with Crippen molar-refractivity contribution < 1.29 is 9.53 Å². The summed E-state index contributed by atoms with van der Waals surface area (Å²) in [6.45, 7) is 6.06. The zero-order valence-electron chi connectivity index (χ0n) is 11.7. The van der Waals surface area contributed by atoms with E-state index in [9.17, 15) is 4.79 Å². The lowest BCUT2D eigenvalue weighted by Gasteiger charge is -2.48. The third-order valence-corrected chi connectivity index (χ3v) is 4.24. The highest BCUT2D eigenvalue weighted by Crippen LogP contribution is 2.33. The van der Waals surface area contributed by atoms with Gasteiger partial charge >= 0.3 is 5.97 Å². The fraction of sp³-hybridized carbons (Fsp3) is 0.929. The molecule has 2 bridgehead atoms. The lowest BCUT2D eigenvalue weighted by molar-refractivity contribution is -0.147. The van der Waals surface area contributed by atoms with E-state index >= 15 is 0 Å². The van der Waals surface area contributed by atoms with E-state index in [4.69, 9.17) is 4.74 Å². The Morgan fingerprint density at radius 1 is 1.28 bits per heavy atom. The van der Waals surface area contributed by atoms with Gasteiger partial charge < -0.3 is 10.1 Å². The Hall–Kier alpha value is -0.610. The predicted molar refractivity (Wildman–Crippen MR) is 71.5 cm³/mol. The molecule has 18 heavy (non-hydrogen) atoms. The number of nitrogens with one attached hydrogen (secondary N) is 1. The molecule has 2 atom stereocenters. The largest absolute Gasteiger partial charge is 0.465 e. The molecular weight excluding hydrogens is 228 g/mol. The first-order chi connectivity index (χ1) is 8.74. The quantitative estimate of drug-likeness (QED) is 0.756. The normalized spacial score (nSPS) is 32.2. The standard InChI is InChI=1S/C14H26N2O2/c1-3-15-11-8-12-6-5-7-13(9-11)16(12)10-14(17)18-4-2/h11-13,15H,3-10H2,1-2H3. The summed E-state index contributed by atoms with van der Waals surface area (Å²) in [6, 6.07) is 1.79. The topological polar surface area (TPSA) is 41.6 Å². The lowest BCUT2D eigenvalue weighted by atomic mass is 9.81. The van der Waals surface area contributed by atoms with Gasteiger partial charge in [0.2, 0.25) is 0 Å². The fourth-order valence-corrected chi connectivity index (χ4v) is 3.55. The summed E-state index contributed by atoms with van der Waals surface area (Å²) >= 11 is 0. The minimum absolute atomic E-state index is 0.0590. The van der Waals surface area contributed by atoms with Crippen LogP contribution in [0.15, 0.2) is 0 Å². The van der Waals surface area contributed by atoms with E-state index in [0.717, 1.165) is 6.54 Å². The Morgan fingerprint density at radius 2 is 1.94 bits per heavy atom. The minimum Gasteiger partial charge on any atom is -0.465 e. The van der Waals surface area contributed by atoms with Crippen molar-refractivity contribution in [2.45, 2.75) is 64.1 Å². The number of ether oxygens (including phenoxy) is 1. The van der Waals surface area contributed by atoms with Gasteiger partial charge in [0, 0.05) is 18.1 Å². The molecule has 2 heterocycles. The third kappa shape index (κ3) is 3.23. The smallest absolute Gasteiger partial charge is 0.320 e. The predicted octanol–water partition coefficient (Wildman–Crippen LogP) is 1.54. The Bertz CT molecular complexity index is 269. The number of rotatable bonds is 5. The van der Waals surface area contributed by atoms with E-state index in [1.807, 2.05) is 6.92 Å². The molecule has 0 aromatic carbocycles. The molecule has 0 radical (unpaired) electrons. The van der Waals surface area contributed by atoms with Gasteiger partial charge in [-0.1, -0.05) is 13.3 Å². The van der Waals surface area contributed by atoms with Crippen LogP contribution in [-0.4, -0.2) is 48.7 Å². The fourth-order valence-electron chi connectivity index (χ4n) is 3.55. The highest BCUT2D eigenvalue weighted by molar-refractivity contribution is 5.71. The Balaban J connectivity index is 1.93. The summed E-state index contributed by atoms with van der Waals surface area (Å²) in [5.74, 6) is -0.0590. The maximum Gasteiger partial charge on any atom is 0.320 e. The van der Waals surface area contributed by atoms with Gasteiger partial charge in [0.1, 0.15) is 0 Å². The molecule has 2 aliphatic rings. The molecule has 4 nitrogen and oxygen atoms in total. The molecule has 0 spiro atoms. The number of carbonyl (C=O) groups is 1. The van der Waals surface area contributed by atoms with E-state index in [1.165, 1.54) is 32.1 Å². The highest BCUT2D eigenvalue weighted by atomic mass is 16.5. The molecular formula is C14H26N2O2. The molecule has 0 aromatic rings. The zero-order chi connectivity index (χ0) is 13.0. The average molecular weight is 254 g/mol. The summed E-state index contributed by atoms with van der Waals surface area (Å²) in [5.41, 5.74) is 0. The monoisotopic (exact) mass is 254 g/mol. The first-order valence-electron chi connectivity index (χ1n) is 7.39. The molecule has 0 aromatic heterocycles. The molecule has 2 unspecified atom stereocenters. The summed E-state index contributed by atoms with van der Waals surface area (Å²) in [7, 11) is 0. The van der Waals surface area contributed by atoms with Gasteiger partial charge in [-0.2, -0.15) is 0 Å². The molecule has 2 aliphatic heterocycles. The molecule has 4 heteroatoms. The molecule has 2 rings (SSSR count). The molecule has 0 aliphatic carbocycles. The van der Waals surface area contributed by atoms with Gasteiger partial charge in [0.05, 0.1) is 13.2 Å². The second-order valence-corrected chi connectivity index (χ2v) is 5.44. The van der Waals surface area contributed by atoms with Gasteiger partial charge in [-0.05, 0) is 39.2 Å². The molecule has 2 saturated heterocycles. The van der Waals surface area contributed by atoms with Gasteiger partial charge in [-0.3, -0.25) is 9.69 Å². The molecule has 2 fully saturated rings. The second-order valence-electron chi connectivity index (χ2n) is 5.44. The number of esters is 1. The second kappa shape index (κ2) is 6.53. The number of hydrogen-bond donors (Lipinski definition) is 1. The summed E-state index contributed by atoms with van der Waals surface area (Å²) in [5, 5.41) is 3.57. The molecule has 1 N–H and O–H groups in total. The Labute approximate surface area is 110 Å². The van der Waals surface area contributed by atoms with Crippen LogP contribution < -0.4 is 5.32 Å². The average Bonchev–Trinajstić information content (AvgIpc) is 2.30. The number of piperidine rings is 2. The van der Waals surface area contributed by atoms with Crippen LogP contribution in [0.3, 0.4) is 0 Å². The van der Waals surface area contributed by atoms with Crippen LogP contribution in [0, 0.1) is 0 Å². The van der Waals surface area contributed by atoms with Gasteiger partial charge in [0.15, 0.2) is 0 Å². The summed E-state index contributed by atoms with van der Waals surface area (Å²) < 4.78 is 5.09. The van der Waals surface area contributed by atoms with Crippen molar-refractivity contribution in [3.05, 3.63) is 0 Å². The first-order valence-corrected chi connectivity index (χ1v) is 7.39. The molecule has 104 valence electrons. The molecule has 0 amide bonds. The number of carbonyl (C=O) groups excluding carboxylic acids is 1. The first kappa shape index (κ1) is 13.8. The summed E-state index contributed by atoms with van der Waals surface area (Å²) in [6.07, 6.45) is 6.15. The Morgan fingerprint density at radius 3 is 2.50 bits per heavy atom. The van der Waals surface area contributed by atoms with Crippen LogP contribution in [0.2, 0.25) is 0 Å².